The summed E-state index contributed by atoms with van der Waals surface area (Å²) in [5, 5.41) is 0. The number of hydrogen-bond acceptors (Lipinski definition) is 0. The maximum Gasteiger partial charge on any atom is 0.195 e. The predicted octanol–water partition coefficient (Wildman–Crippen LogP) is 4.36. The molecule has 0 bridgehead atoms. The molecule has 2 heteroatoms. The highest BCUT2D eigenvalue weighted by Gasteiger charge is 2.19. The van der Waals surface area contributed by atoms with Crippen molar-refractivity contribution in [1.82, 2.24) is 0 Å². The first-order valence-electron chi connectivity index (χ1n) is 5.33. The van der Waals surface area contributed by atoms with Crippen molar-refractivity contribution in [3.8, 4) is 11.1 Å². The lowest BCUT2D eigenvalue weighted by atomic mass is 10.0. The fraction of sp³-hybridized carbons (Fsp3) is 0.0667. The molecule has 0 aliphatic heterocycles. The summed E-state index contributed by atoms with van der Waals surface area (Å²) in [5.74, 6) is 0. The van der Waals surface area contributed by atoms with E-state index < -0.39 is 0 Å². The van der Waals surface area contributed by atoms with Crippen LogP contribution in [-0.4, -0.2) is 0 Å². The average molecular weight is 216 g/mol. The molecule has 2 aromatic rings. The lowest BCUT2D eigenvalue weighted by molar-refractivity contribution is 1.27. The van der Waals surface area contributed by atoms with Crippen LogP contribution in [0.25, 0.3) is 20.8 Å². The van der Waals surface area contributed by atoms with E-state index in [1.165, 1.54) is 11.1 Å². The van der Waals surface area contributed by atoms with E-state index in [0.717, 1.165) is 17.5 Å². The largest absolute Gasteiger partial charge is 0.250 e. The molecule has 0 heterocycles. The molecule has 0 N–H and O–H groups in total. The van der Waals surface area contributed by atoms with E-state index in [9.17, 15) is 0 Å². The Hall–Kier alpha value is -2.58. The third kappa shape index (κ3) is 1.32. The van der Waals surface area contributed by atoms with Crippen molar-refractivity contribution in [2.45, 2.75) is 6.42 Å². The van der Waals surface area contributed by atoms with Crippen molar-refractivity contribution in [3.63, 3.8) is 0 Å². The Labute approximate surface area is 99.8 Å². The Bertz CT molecular complexity index is 700. The molecule has 0 radical (unpaired) electrons. The zero-order valence-electron chi connectivity index (χ0n) is 9.07. The number of fused-ring (bicyclic) bond motifs is 3. The summed E-state index contributed by atoms with van der Waals surface area (Å²) in [4.78, 5) is 6.85. The van der Waals surface area contributed by atoms with Crippen LogP contribution >= 0.6 is 0 Å². The monoisotopic (exact) mass is 216 g/mol. The van der Waals surface area contributed by atoms with Crippen LogP contribution in [0.5, 0.6) is 0 Å². The summed E-state index contributed by atoms with van der Waals surface area (Å²) < 4.78 is 0. The first kappa shape index (κ1) is 9.63. The van der Waals surface area contributed by atoms with E-state index in [1.54, 1.807) is 0 Å². The van der Waals surface area contributed by atoms with Gasteiger partial charge in [0.1, 0.15) is 0 Å². The number of rotatable bonds is 0. The van der Waals surface area contributed by atoms with Gasteiger partial charge in [-0.2, -0.15) is 0 Å². The molecule has 1 aliphatic carbocycles. The van der Waals surface area contributed by atoms with Gasteiger partial charge < -0.3 is 0 Å². The zero-order valence-corrected chi connectivity index (χ0v) is 9.07. The molecule has 0 spiro atoms. The van der Waals surface area contributed by atoms with E-state index in [-0.39, 0.29) is 0 Å². The molecule has 0 fully saturated rings. The van der Waals surface area contributed by atoms with Crippen LogP contribution in [0, 0.1) is 13.1 Å². The molecule has 78 valence electrons. The van der Waals surface area contributed by atoms with Crippen molar-refractivity contribution < 1.29 is 0 Å². The van der Waals surface area contributed by atoms with Gasteiger partial charge in [-0.05, 0) is 28.7 Å². The van der Waals surface area contributed by atoms with Gasteiger partial charge in [-0.1, -0.05) is 36.4 Å². The van der Waals surface area contributed by atoms with Gasteiger partial charge in [0.05, 0.1) is 13.1 Å². The van der Waals surface area contributed by atoms with Gasteiger partial charge in [-0.15, -0.1) is 0 Å². The van der Waals surface area contributed by atoms with Crippen LogP contribution < -0.4 is 0 Å². The predicted molar refractivity (Wildman–Crippen MR) is 67.2 cm³/mol. The standard InChI is InChI=1S/C15H8N2/c1-16-14-8-11-7-10-5-3-4-6-12(10)13(11)9-15(14)17-2/h3-6,8-9H,7H2. The molecule has 0 atom stereocenters. The van der Waals surface area contributed by atoms with Crippen molar-refractivity contribution in [2.24, 2.45) is 0 Å². The second-order valence-electron chi connectivity index (χ2n) is 4.06. The van der Waals surface area contributed by atoms with Crippen LogP contribution in [0.15, 0.2) is 36.4 Å². The molecule has 0 aromatic heterocycles. The molecule has 0 saturated carbocycles. The van der Waals surface area contributed by atoms with Gasteiger partial charge in [-0.3, -0.25) is 9.69 Å². The average Bonchev–Trinajstić information content (AvgIpc) is 2.74. The Morgan fingerprint density at radius 1 is 0.824 bits per heavy atom. The van der Waals surface area contributed by atoms with Gasteiger partial charge in [0.25, 0.3) is 0 Å². The Balaban J connectivity index is 2.29. The molecule has 2 nitrogen and oxygen atoms in total. The quantitative estimate of drug-likeness (QED) is 0.494. The molecule has 2 aromatic carbocycles. The van der Waals surface area contributed by atoms with E-state index in [0.29, 0.717) is 11.4 Å². The van der Waals surface area contributed by atoms with Crippen LogP contribution in [0.1, 0.15) is 11.1 Å². The van der Waals surface area contributed by atoms with E-state index in [4.69, 9.17) is 13.1 Å². The van der Waals surface area contributed by atoms with Crippen molar-refractivity contribution in [1.29, 1.82) is 0 Å². The first-order valence-corrected chi connectivity index (χ1v) is 5.33. The highest BCUT2D eigenvalue weighted by molar-refractivity contribution is 5.85. The van der Waals surface area contributed by atoms with E-state index >= 15 is 0 Å². The van der Waals surface area contributed by atoms with Crippen LogP contribution in [0.4, 0.5) is 11.4 Å². The summed E-state index contributed by atoms with van der Waals surface area (Å²) in [5.41, 5.74) is 5.66. The van der Waals surface area contributed by atoms with Crippen molar-refractivity contribution in [3.05, 3.63) is 70.4 Å². The SMILES string of the molecule is [C-]#[N+]c1cc2c(cc1[N+]#[C-])-c1ccccc1C2. The minimum atomic E-state index is 0.454. The normalized spacial score (nSPS) is 11.2. The van der Waals surface area contributed by atoms with Gasteiger partial charge in [0.2, 0.25) is 0 Å². The fourth-order valence-electron chi connectivity index (χ4n) is 2.34. The Morgan fingerprint density at radius 3 is 2.29 bits per heavy atom. The summed E-state index contributed by atoms with van der Waals surface area (Å²) in [6, 6.07) is 11.9. The van der Waals surface area contributed by atoms with Crippen LogP contribution in [0.3, 0.4) is 0 Å². The molecular formula is C15H8N2. The second kappa shape index (κ2) is 3.47. The summed E-state index contributed by atoms with van der Waals surface area (Å²) in [7, 11) is 0. The smallest absolute Gasteiger partial charge is 0.195 e. The lowest BCUT2D eigenvalue weighted by Crippen LogP contribution is -1.79. The highest BCUT2D eigenvalue weighted by Crippen LogP contribution is 2.42. The lowest BCUT2D eigenvalue weighted by Gasteiger charge is -2.03. The minimum Gasteiger partial charge on any atom is -0.250 e. The molecule has 1 aliphatic rings. The first-order chi connectivity index (χ1) is 8.33. The van der Waals surface area contributed by atoms with Crippen LogP contribution in [0.2, 0.25) is 0 Å². The Morgan fingerprint density at radius 2 is 1.53 bits per heavy atom. The van der Waals surface area contributed by atoms with Gasteiger partial charge in [-0.25, -0.2) is 0 Å². The van der Waals surface area contributed by atoms with Crippen molar-refractivity contribution >= 4 is 11.4 Å². The number of nitrogens with zero attached hydrogens (tertiary/aromatic N) is 2. The zero-order chi connectivity index (χ0) is 11.8. The van der Waals surface area contributed by atoms with Gasteiger partial charge in [0.15, 0.2) is 11.4 Å². The number of hydrogen-bond donors (Lipinski definition) is 0. The van der Waals surface area contributed by atoms with E-state index in [1.807, 2.05) is 24.3 Å². The third-order valence-corrected chi connectivity index (χ3v) is 3.13. The topological polar surface area (TPSA) is 8.72 Å². The molecule has 0 saturated heterocycles. The maximum atomic E-state index is 7.12. The molecular weight excluding hydrogens is 208 g/mol. The van der Waals surface area contributed by atoms with Gasteiger partial charge in [0, 0.05) is 0 Å². The Kier molecular flexibility index (Phi) is 1.97. The third-order valence-electron chi connectivity index (χ3n) is 3.13. The second-order valence-corrected chi connectivity index (χ2v) is 4.06. The van der Waals surface area contributed by atoms with E-state index in [2.05, 4.69) is 21.8 Å². The summed E-state index contributed by atoms with van der Waals surface area (Å²) in [6.45, 7) is 14.2. The summed E-state index contributed by atoms with van der Waals surface area (Å²) in [6.07, 6.45) is 0.867. The van der Waals surface area contributed by atoms with Crippen LogP contribution in [-0.2, 0) is 6.42 Å². The number of benzene rings is 2. The fourth-order valence-corrected chi connectivity index (χ4v) is 2.34. The molecule has 3 rings (SSSR count). The highest BCUT2D eigenvalue weighted by atomic mass is 14.7. The molecule has 0 amide bonds. The van der Waals surface area contributed by atoms with Gasteiger partial charge >= 0.3 is 0 Å². The molecule has 17 heavy (non-hydrogen) atoms. The maximum absolute atomic E-state index is 7.12. The minimum absolute atomic E-state index is 0.454. The molecule has 0 unspecified atom stereocenters. The summed E-state index contributed by atoms with van der Waals surface area (Å²) >= 11 is 0. The van der Waals surface area contributed by atoms with Crippen molar-refractivity contribution in [2.75, 3.05) is 0 Å².